The molecule has 102 valence electrons. The summed E-state index contributed by atoms with van der Waals surface area (Å²) in [6.45, 7) is 1.01. The fourth-order valence-corrected chi connectivity index (χ4v) is 3.09. The summed E-state index contributed by atoms with van der Waals surface area (Å²) < 4.78 is 2.17. The first-order valence-electron chi connectivity index (χ1n) is 7.20. The zero-order chi connectivity index (χ0) is 13.2. The Bertz CT molecular complexity index is 553. The van der Waals surface area contributed by atoms with Crippen molar-refractivity contribution in [3.05, 3.63) is 30.5 Å². The quantitative estimate of drug-likeness (QED) is 0.887. The molecule has 0 bridgehead atoms. The number of aryl methyl sites for hydroxylation is 1. The van der Waals surface area contributed by atoms with E-state index in [2.05, 4.69) is 47.4 Å². The first-order chi connectivity index (χ1) is 9.24. The van der Waals surface area contributed by atoms with Gasteiger partial charge in [0.25, 0.3) is 0 Å². The molecular weight excluding hydrogens is 236 g/mol. The van der Waals surface area contributed by atoms with E-state index >= 15 is 0 Å². The number of hydrogen-bond acceptors (Lipinski definition) is 2. The summed E-state index contributed by atoms with van der Waals surface area (Å²) in [6, 6.07) is 8.49. The first kappa shape index (κ1) is 12.5. The van der Waals surface area contributed by atoms with Gasteiger partial charge < -0.3 is 15.0 Å². The molecule has 0 atom stereocenters. The highest BCUT2D eigenvalue weighted by Crippen LogP contribution is 2.28. The topological polar surface area (TPSA) is 37.2 Å². The predicted molar refractivity (Wildman–Crippen MR) is 79.4 cm³/mol. The van der Waals surface area contributed by atoms with Crippen molar-refractivity contribution in [3.8, 4) is 0 Å². The molecule has 0 radical (unpaired) electrons. The Kier molecular flexibility index (Phi) is 3.47. The van der Waals surface area contributed by atoms with Crippen LogP contribution in [0.25, 0.3) is 10.9 Å². The maximum absolute atomic E-state index is 9.53. The number of aliphatic hydroxyl groups is 1. The molecule has 0 unspecified atom stereocenters. The van der Waals surface area contributed by atoms with Crippen LogP contribution in [0.1, 0.15) is 25.7 Å². The van der Waals surface area contributed by atoms with E-state index in [4.69, 9.17) is 0 Å². The molecule has 3 nitrogen and oxygen atoms in total. The van der Waals surface area contributed by atoms with E-state index in [-0.39, 0.29) is 6.10 Å². The molecule has 0 saturated heterocycles. The van der Waals surface area contributed by atoms with Gasteiger partial charge in [-0.15, -0.1) is 0 Å². The number of aliphatic hydroxyl groups excluding tert-OH is 1. The standard InChI is InChI=1S/C16H22N2O/c1-18-11-15(14-4-2-3-5-16(14)18)17-10-12-6-8-13(19)9-7-12/h2-5,11-13,17,19H,6-10H2,1H3. The van der Waals surface area contributed by atoms with Crippen LogP contribution < -0.4 is 5.32 Å². The molecule has 1 heterocycles. The molecular formula is C16H22N2O. The number of aromatic nitrogens is 1. The van der Waals surface area contributed by atoms with E-state index in [9.17, 15) is 5.11 Å². The Hall–Kier alpha value is -1.48. The zero-order valence-electron chi connectivity index (χ0n) is 11.5. The van der Waals surface area contributed by atoms with Crippen LogP contribution in [0, 0.1) is 5.92 Å². The van der Waals surface area contributed by atoms with Crippen LogP contribution in [0.2, 0.25) is 0 Å². The van der Waals surface area contributed by atoms with Crippen molar-refractivity contribution in [1.82, 2.24) is 4.57 Å². The monoisotopic (exact) mass is 258 g/mol. The summed E-state index contributed by atoms with van der Waals surface area (Å²) in [5, 5.41) is 14.4. The van der Waals surface area contributed by atoms with Gasteiger partial charge in [-0.1, -0.05) is 18.2 Å². The maximum Gasteiger partial charge on any atom is 0.0600 e. The number of nitrogens with zero attached hydrogens (tertiary/aromatic N) is 1. The normalized spacial score (nSPS) is 23.7. The summed E-state index contributed by atoms with van der Waals surface area (Å²) in [6.07, 6.45) is 6.30. The van der Waals surface area contributed by atoms with Crippen LogP contribution >= 0.6 is 0 Å². The fourth-order valence-electron chi connectivity index (χ4n) is 3.09. The van der Waals surface area contributed by atoms with Crippen molar-refractivity contribution >= 4 is 16.6 Å². The average molecular weight is 258 g/mol. The van der Waals surface area contributed by atoms with E-state index in [0.29, 0.717) is 5.92 Å². The van der Waals surface area contributed by atoms with E-state index in [1.807, 2.05) is 0 Å². The van der Waals surface area contributed by atoms with Gasteiger partial charge in [0.1, 0.15) is 0 Å². The summed E-state index contributed by atoms with van der Waals surface area (Å²) in [5.41, 5.74) is 2.49. The molecule has 2 aromatic rings. The summed E-state index contributed by atoms with van der Waals surface area (Å²) in [4.78, 5) is 0. The fraction of sp³-hybridized carbons (Fsp3) is 0.500. The Morgan fingerprint density at radius 2 is 1.95 bits per heavy atom. The van der Waals surface area contributed by atoms with Gasteiger partial charge in [0.15, 0.2) is 0 Å². The van der Waals surface area contributed by atoms with Gasteiger partial charge in [-0.05, 0) is 37.7 Å². The molecule has 1 fully saturated rings. The average Bonchev–Trinajstić information content (AvgIpc) is 2.76. The van der Waals surface area contributed by atoms with Crippen molar-refractivity contribution in [1.29, 1.82) is 0 Å². The van der Waals surface area contributed by atoms with Crippen molar-refractivity contribution in [2.45, 2.75) is 31.8 Å². The van der Waals surface area contributed by atoms with Crippen LogP contribution in [0.4, 0.5) is 5.69 Å². The number of benzene rings is 1. The number of para-hydroxylation sites is 1. The first-order valence-corrected chi connectivity index (χ1v) is 7.20. The molecule has 0 aliphatic heterocycles. The minimum Gasteiger partial charge on any atom is -0.393 e. The van der Waals surface area contributed by atoms with Crippen LogP contribution in [0.15, 0.2) is 30.5 Å². The molecule has 1 aliphatic rings. The predicted octanol–water partition coefficient (Wildman–Crippen LogP) is 3.14. The van der Waals surface area contributed by atoms with Crippen molar-refractivity contribution in [3.63, 3.8) is 0 Å². The van der Waals surface area contributed by atoms with E-state index in [0.717, 1.165) is 32.2 Å². The maximum atomic E-state index is 9.53. The van der Waals surface area contributed by atoms with E-state index in [1.165, 1.54) is 16.6 Å². The molecule has 1 aliphatic carbocycles. The zero-order valence-corrected chi connectivity index (χ0v) is 11.5. The second kappa shape index (κ2) is 5.25. The van der Waals surface area contributed by atoms with Crippen molar-refractivity contribution in [2.75, 3.05) is 11.9 Å². The number of hydrogen-bond donors (Lipinski definition) is 2. The lowest BCUT2D eigenvalue weighted by Crippen LogP contribution is -2.23. The Balaban J connectivity index is 1.69. The van der Waals surface area contributed by atoms with Gasteiger partial charge in [0.05, 0.1) is 11.8 Å². The lowest BCUT2D eigenvalue weighted by molar-refractivity contribution is 0.111. The number of anilines is 1. The van der Waals surface area contributed by atoms with Crippen molar-refractivity contribution in [2.24, 2.45) is 13.0 Å². The highest BCUT2D eigenvalue weighted by Gasteiger charge is 2.19. The molecule has 2 N–H and O–H groups in total. The Morgan fingerprint density at radius 1 is 1.21 bits per heavy atom. The Morgan fingerprint density at radius 3 is 2.74 bits per heavy atom. The molecule has 19 heavy (non-hydrogen) atoms. The summed E-state index contributed by atoms with van der Waals surface area (Å²) >= 11 is 0. The van der Waals surface area contributed by atoms with Crippen LogP contribution in [-0.2, 0) is 7.05 Å². The minimum atomic E-state index is -0.0613. The second-order valence-corrected chi connectivity index (χ2v) is 5.73. The highest BCUT2D eigenvalue weighted by molar-refractivity contribution is 5.92. The van der Waals surface area contributed by atoms with Gasteiger partial charge in [-0.2, -0.15) is 0 Å². The molecule has 1 aromatic carbocycles. The molecule has 3 rings (SSSR count). The van der Waals surface area contributed by atoms with Crippen molar-refractivity contribution < 1.29 is 5.11 Å². The molecule has 1 aromatic heterocycles. The number of nitrogens with one attached hydrogen (secondary N) is 1. The molecule has 1 saturated carbocycles. The smallest absolute Gasteiger partial charge is 0.0600 e. The van der Waals surface area contributed by atoms with E-state index < -0.39 is 0 Å². The molecule has 3 heteroatoms. The third-order valence-corrected chi connectivity index (χ3v) is 4.29. The van der Waals surface area contributed by atoms with Gasteiger partial charge in [0.2, 0.25) is 0 Å². The van der Waals surface area contributed by atoms with Crippen LogP contribution in [0.5, 0.6) is 0 Å². The van der Waals surface area contributed by atoms with Gasteiger partial charge in [-0.25, -0.2) is 0 Å². The summed E-state index contributed by atoms with van der Waals surface area (Å²) in [7, 11) is 2.09. The second-order valence-electron chi connectivity index (χ2n) is 5.73. The van der Waals surface area contributed by atoms with Gasteiger partial charge in [-0.3, -0.25) is 0 Å². The third kappa shape index (κ3) is 2.61. The van der Waals surface area contributed by atoms with Crippen LogP contribution in [0.3, 0.4) is 0 Å². The minimum absolute atomic E-state index is 0.0613. The number of fused-ring (bicyclic) bond motifs is 1. The van der Waals surface area contributed by atoms with Gasteiger partial charge >= 0.3 is 0 Å². The largest absolute Gasteiger partial charge is 0.393 e. The SMILES string of the molecule is Cn1cc(NCC2CCC(O)CC2)c2ccccc21. The Labute approximate surface area is 114 Å². The number of rotatable bonds is 3. The summed E-state index contributed by atoms with van der Waals surface area (Å²) in [5.74, 6) is 0.697. The third-order valence-electron chi connectivity index (χ3n) is 4.29. The molecule has 0 amide bonds. The van der Waals surface area contributed by atoms with Crippen LogP contribution in [-0.4, -0.2) is 22.3 Å². The van der Waals surface area contributed by atoms with E-state index in [1.54, 1.807) is 0 Å². The highest BCUT2D eigenvalue weighted by atomic mass is 16.3. The lowest BCUT2D eigenvalue weighted by atomic mass is 9.87. The lowest BCUT2D eigenvalue weighted by Gasteiger charge is -2.25. The molecule has 0 spiro atoms. The van der Waals surface area contributed by atoms with Gasteiger partial charge in [0, 0.05) is 30.7 Å².